The highest BCUT2D eigenvalue weighted by Gasteiger charge is 2.20. The topological polar surface area (TPSA) is 99.1 Å². The molecule has 180 valence electrons. The van der Waals surface area contributed by atoms with E-state index in [1.165, 1.54) is 36.0 Å². The van der Waals surface area contributed by atoms with Crippen LogP contribution in [0.5, 0.6) is 17.2 Å². The highest BCUT2D eigenvalue weighted by atomic mass is 32.2. The first-order valence-corrected chi connectivity index (χ1v) is 12.8. The van der Waals surface area contributed by atoms with Gasteiger partial charge in [-0.2, -0.15) is 0 Å². The minimum atomic E-state index is -3.87. The fourth-order valence-electron chi connectivity index (χ4n) is 3.20. The number of carbonyl (C=O) groups is 1. The molecule has 0 fully saturated rings. The van der Waals surface area contributed by atoms with Gasteiger partial charge in [0.1, 0.15) is 5.75 Å². The fourth-order valence-corrected chi connectivity index (χ4v) is 5.40. The number of rotatable bonds is 11. The molecule has 0 aliphatic heterocycles. The van der Waals surface area contributed by atoms with Crippen molar-refractivity contribution in [2.45, 2.75) is 39.3 Å². The molecule has 0 amide bonds. The van der Waals surface area contributed by atoms with Crippen molar-refractivity contribution >= 4 is 27.6 Å². The summed E-state index contributed by atoms with van der Waals surface area (Å²) in [6, 6.07) is 16.4. The highest BCUT2D eigenvalue weighted by molar-refractivity contribution is 7.99. The maximum absolute atomic E-state index is 13.3. The van der Waals surface area contributed by atoms with Gasteiger partial charge in [0, 0.05) is 9.79 Å². The van der Waals surface area contributed by atoms with Gasteiger partial charge in [-0.05, 0) is 72.6 Å². The predicted molar refractivity (Wildman–Crippen MR) is 129 cm³/mol. The Morgan fingerprint density at radius 2 is 1.56 bits per heavy atom. The van der Waals surface area contributed by atoms with E-state index in [9.17, 15) is 13.2 Å². The van der Waals surface area contributed by atoms with Gasteiger partial charge in [-0.3, -0.25) is 4.79 Å². The van der Waals surface area contributed by atoms with E-state index in [4.69, 9.17) is 19.3 Å². The lowest BCUT2D eigenvalue weighted by Crippen LogP contribution is -2.07. The van der Waals surface area contributed by atoms with Gasteiger partial charge in [-0.15, -0.1) is 0 Å². The van der Waals surface area contributed by atoms with Crippen molar-refractivity contribution in [3.63, 3.8) is 0 Å². The smallest absolute Gasteiger partial charge is 0.307 e. The van der Waals surface area contributed by atoms with Crippen molar-refractivity contribution < 1.29 is 32.5 Å². The van der Waals surface area contributed by atoms with E-state index in [1.54, 1.807) is 32.4 Å². The van der Waals surface area contributed by atoms with E-state index in [-0.39, 0.29) is 16.2 Å². The second-order valence-corrected chi connectivity index (χ2v) is 10.4. The molecular formula is C25H26O7S2. The second kappa shape index (κ2) is 11.3. The van der Waals surface area contributed by atoms with Crippen LogP contribution in [-0.2, 0) is 21.1 Å². The Hall–Kier alpha value is -3.17. The molecule has 1 N–H and O–H groups in total. The number of sulfone groups is 1. The first-order chi connectivity index (χ1) is 16.3. The van der Waals surface area contributed by atoms with Crippen molar-refractivity contribution in [3.05, 3.63) is 66.2 Å². The Kier molecular flexibility index (Phi) is 8.46. The fraction of sp³-hybridized carbons (Fsp3) is 0.240. The number of methoxy groups -OCH3 is 2. The molecule has 0 aliphatic rings. The van der Waals surface area contributed by atoms with E-state index < -0.39 is 15.8 Å². The number of benzene rings is 3. The minimum Gasteiger partial charge on any atom is -0.494 e. The highest BCUT2D eigenvalue weighted by Crippen LogP contribution is 2.36. The van der Waals surface area contributed by atoms with Crippen LogP contribution in [0.25, 0.3) is 0 Å². The molecule has 0 unspecified atom stereocenters. The van der Waals surface area contributed by atoms with E-state index >= 15 is 0 Å². The molecule has 3 aromatic carbocycles. The van der Waals surface area contributed by atoms with Gasteiger partial charge in [0.05, 0.1) is 37.0 Å². The van der Waals surface area contributed by atoms with Crippen molar-refractivity contribution in [1.29, 1.82) is 0 Å². The zero-order chi connectivity index (χ0) is 24.7. The summed E-state index contributed by atoms with van der Waals surface area (Å²) in [6.07, 6.45) is 0.442. The molecule has 0 saturated heterocycles. The third kappa shape index (κ3) is 6.24. The third-order valence-electron chi connectivity index (χ3n) is 4.80. The van der Waals surface area contributed by atoms with Crippen LogP contribution in [0.2, 0.25) is 0 Å². The summed E-state index contributed by atoms with van der Waals surface area (Å²) in [6.45, 7) is 2.33. The lowest BCUT2D eigenvalue weighted by Gasteiger charge is -2.12. The van der Waals surface area contributed by atoms with Gasteiger partial charge in [0.2, 0.25) is 9.84 Å². The van der Waals surface area contributed by atoms with Gasteiger partial charge in [0.15, 0.2) is 11.5 Å². The van der Waals surface area contributed by atoms with Crippen LogP contribution in [0.15, 0.2) is 80.2 Å². The largest absolute Gasteiger partial charge is 0.494 e. The first kappa shape index (κ1) is 25.5. The lowest BCUT2D eigenvalue weighted by atomic mass is 10.1. The third-order valence-corrected chi connectivity index (χ3v) is 7.55. The predicted octanol–water partition coefficient (Wildman–Crippen LogP) is 5.10. The van der Waals surface area contributed by atoms with E-state index in [2.05, 4.69) is 0 Å². The molecule has 0 aromatic heterocycles. The Balaban J connectivity index is 1.87. The summed E-state index contributed by atoms with van der Waals surface area (Å²) in [5.74, 6) is 0.516. The van der Waals surface area contributed by atoms with Crippen LogP contribution < -0.4 is 14.2 Å². The van der Waals surface area contributed by atoms with Crippen molar-refractivity contribution in [3.8, 4) is 17.2 Å². The normalized spacial score (nSPS) is 11.1. The van der Waals surface area contributed by atoms with Crippen LogP contribution >= 0.6 is 11.8 Å². The average molecular weight is 503 g/mol. The molecule has 0 bridgehead atoms. The second-order valence-electron chi connectivity index (χ2n) is 7.33. The number of ether oxygens (including phenoxy) is 3. The molecular weight excluding hydrogens is 476 g/mol. The maximum Gasteiger partial charge on any atom is 0.307 e. The van der Waals surface area contributed by atoms with Gasteiger partial charge in [-0.1, -0.05) is 18.7 Å². The molecule has 7 nitrogen and oxygen atoms in total. The Bertz CT molecular complexity index is 1250. The summed E-state index contributed by atoms with van der Waals surface area (Å²) < 4.78 is 42.7. The van der Waals surface area contributed by atoms with Gasteiger partial charge in [0.25, 0.3) is 0 Å². The SMILES string of the molecule is CCCOc1cc(CC(=O)O)cc(S(=O)(=O)c2ccc(Sc3ccc(OC)c(OC)c3)cc2)c1. The summed E-state index contributed by atoms with van der Waals surface area (Å²) in [5, 5.41) is 9.15. The standard InChI is InChI=1S/C25H26O7S2/c1-4-11-32-18-12-17(14-25(26)27)13-22(15-18)34(28,29)21-8-5-19(6-9-21)33-20-7-10-23(30-2)24(16-20)31-3/h5-10,12-13,15-16H,4,11,14H2,1-3H3,(H,26,27). The summed E-state index contributed by atoms with van der Waals surface area (Å²) in [7, 11) is -0.738. The van der Waals surface area contributed by atoms with Crippen LogP contribution in [0, 0.1) is 0 Å². The monoisotopic (exact) mass is 502 g/mol. The number of aliphatic carboxylic acids is 1. The maximum atomic E-state index is 13.3. The van der Waals surface area contributed by atoms with Gasteiger partial charge in [-0.25, -0.2) is 8.42 Å². The Morgan fingerprint density at radius 1 is 0.882 bits per heavy atom. The molecule has 3 rings (SSSR count). The minimum absolute atomic E-state index is 0.00218. The number of hydrogen-bond donors (Lipinski definition) is 1. The average Bonchev–Trinajstić information content (AvgIpc) is 2.82. The molecule has 3 aromatic rings. The van der Waals surface area contributed by atoms with Gasteiger partial charge >= 0.3 is 5.97 Å². The first-order valence-electron chi connectivity index (χ1n) is 10.5. The molecule has 0 heterocycles. The number of carboxylic acid groups (broad SMARTS) is 1. The molecule has 0 aliphatic carbocycles. The summed E-state index contributed by atoms with van der Waals surface area (Å²) >= 11 is 1.46. The zero-order valence-electron chi connectivity index (χ0n) is 19.1. The number of carboxylic acids is 1. The van der Waals surface area contributed by atoms with E-state index in [0.717, 1.165) is 16.2 Å². The quantitative estimate of drug-likeness (QED) is 0.386. The Morgan fingerprint density at radius 3 is 2.18 bits per heavy atom. The Labute approximate surface area is 203 Å². The molecule has 0 saturated carbocycles. The van der Waals surface area contributed by atoms with Crippen LogP contribution in [-0.4, -0.2) is 40.3 Å². The van der Waals surface area contributed by atoms with Crippen LogP contribution in [0.1, 0.15) is 18.9 Å². The van der Waals surface area contributed by atoms with E-state index in [1.807, 2.05) is 25.1 Å². The van der Waals surface area contributed by atoms with E-state index in [0.29, 0.717) is 29.4 Å². The lowest BCUT2D eigenvalue weighted by molar-refractivity contribution is -0.136. The molecule has 0 spiro atoms. The summed E-state index contributed by atoms with van der Waals surface area (Å²) in [5.41, 5.74) is 0.361. The van der Waals surface area contributed by atoms with Gasteiger partial charge < -0.3 is 19.3 Å². The van der Waals surface area contributed by atoms with Crippen LogP contribution in [0.4, 0.5) is 0 Å². The molecule has 9 heteroatoms. The molecule has 0 atom stereocenters. The van der Waals surface area contributed by atoms with Crippen molar-refractivity contribution in [2.75, 3.05) is 20.8 Å². The number of hydrogen-bond acceptors (Lipinski definition) is 7. The van der Waals surface area contributed by atoms with Crippen molar-refractivity contribution in [2.24, 2.45) is 0 Å². The van der Waals surface area contributed by atoms with Crippen molar-refractivity contribution in [1.82, 2.24) is 0 Å². The zero-order valence-corrected chi connectivity index (χ0v) is 20.7. The molecule has 0 radical (unpaired) electrons. The summed E-state index contributed by atoms with van der Waals surface area (Å²) in [4.78, 5) is 13.0. The van der Waals surface area contributed by atoms with Crippen LogP contribution in [0.3, 0.4) is 0 Å². The molecule has 34 heavy (non-hydrogen) atoms.